The molecule has 148 valence electrons. The van der Waals surface area contributed by atoms with Crippen molar-refractivity contribution in [2.75, 3.05) is 32.8 Å². The average molecular weight is 383 g/mol. The van der Waals surface area contributed by atoms with Crippen molar-refractivity contribution in [2.24, 2.45) is 5.73 Å². The summed E-state index contributed by atoms with van der Waals surface area (Å²) in [4.78, 5) is 18.5. The Hall–Kier alpha value is -2.75. The quantitative estimate of drug-likeness (QED) is 0.474. The van der Waals surface area contributed by atoms with Crippen molar-refractivity contribution in [3.8, 4) is 0 Å². The van der Waals surface area contributed by atoms with Crippen LogP contribution in [0.25, 0.3) is 10.9 Å². The summed E-state index contributed by atoms with van der Waals surface area (Å²) >= 11 is 0. The highest BCUT2D eigenvalue weighted by atomic mass is 16.3. The minimum absolute atomic E-state index is 0.0146. The van der Waals surface area contributed by atoms with Crippen molar-refractivity contribution in [3.63, 3.8) is 0 Å². The van der Waals surface area contributed by atoms with E-state index in [4.69, 9.17) is 5.73 Å². The van der Waals surface area contributed by atoms with Crippen LogP contribution in [-0.2, 0) is 11.2 Å². The lowest BCUT2D eigenvalue weighted by Crippen LogP contribution is -2.49. The van der Waals surface area contributed by atoms with Crippen LogP contribution >= 0.6 is 0 Å². The third kappa shape index (κ3) is 3.64. The normalized spacial score (nSPS) is 17.0. The van der Waals surface area contributed by atoms with Gasteiger partial charge in [0, 0.05) is 49.7 Å². The van der Waals surface area contributed by atoms with E-state index < -0.39 is 12.1 Å². The van der Waals surface area contributed by atoms with Crippen LogP contribution in [0.2, 0.25) is 0 Å². The molecule has 1 aliphatic rings. The average Bonchev–Trinajstić information content (AvgIpc) is 3.39. The van der Waals surface area contributed by atoms with Gasteiger partial charge in [-0.05, 0) is 11.6 Å². The molecule has 9 nitrogen and oxygen atoms in total. The fraction of sp³-hybridized carbons (Fsp3) is 0.421. The van der Waals surface area contributed by atoms with Gasteiger partial charge >= 0.3 is 0 Å². The highest BCUT2D eigenvalue weighted by Gasteiger charge is 2.29. The number of benzene rings is 1. The Morgan fingerprint density at radius 1 is 1.29 bits per heavy atom. The molecule has 5 N–H and O–H groups in total. The number of aliphatic hydroxyl groups excluding tert-OH is 1. The van der Waals surface area contributed by atoms with Crippen molar-refractivity contribution < 1.29 is 9.90 Å². The fourth-order valence-electron chi connectivity index (χ4n) is 3.60. The molecule has 1 aromatic carbocycles. The highest BCUT2D eigenvalue weighted by Crippen LogP contribution is 2.24. The van der Waals surface area contributed by atoms with Gasteiger partial charge < -0.3 is 26.0 Å². The topological polar surface area (TPSA) is 125 Å². The molecule has 0 aliphatic carbocycles. The van der Waals surface area contributed by atoms with Crippen molar-refractivity contribution in [3.05, 3.63) is 47.9 Å². The number of nitrogens with one attached hydrogen (secondary N) is 2. The molecular formula is C19H25N7O2. The number of rotatable bonds is 6. The van der Waals surface area contributed by atoms with Gasteiger partial charge in [-0.3, -0.25) is 4.79 Å². The van der Waals surface area contributed by atoms with E-state index in [1.165, 1.54) is 0 Å². The molecule has 1 aliphatic heterocycles. The van der Waals surface area contributed by atoms with Crippen LogP contribution in [0.15, 0.2) is 36.7 Å². The molecule has 1 fully saturated rings. The van der Waals surface area contributed by atoms with Gasteiger partial charge in [-0.2, -0.15) is 0 Å². The number of aromatic nitrogens is 4. The van der Waals surface area contributed by atoms with Crippen LogP contribution in [0.3, 0.4) is 0 Å². The standard InChI is InChI=1S/C19H25N7O2/c20-15(12-27)17-11-26(24-23-17)18(19(28)25-7-5-21-6-8-25)9-13-10-22-16-4-2-1-3-14(13)16/h1-4,10-11,15,18,21-22,27H,5-9,12,20H2/t15-,18-/m0/s1. The predicted octanol–water partition coefficient (Wildman–Crippen LogP) is -0.0329. The third-order valence-electron chi connectivity index (χ3n) is 5.23. The Bertz CT molecular complexity index is 945. The van der Waals surface area contributed by atoms with Gasteiger partial charge in [0.25, 0.3) is 0 Å². The van der Waals surface area contributed by atoms with Gasteiger partial charge in [0.05, 0.1) is 18.8 Å². The number of carbonyl (C=O) groups excluding carboxylic acids is 1. The number of para-hydroxylation sites is 1. The second kappa shape index (κ2) is 8.09. The number of carbonyl (C=O) groups is 1. The van der Waals surface area contributed by atoms with Gasteiger partial charge in [0.2, 0.25) is 5.91 Å². The molecule has 0 unspecified atom stereocenters. The number of piperazine rings is 1. The van der Waals surface area contributed by atoms with E-state index in [9.17, 15) is 9.90 Å². The smallest absolute Gasteiger partial charge is 0.247 e. The SMILES string of the molecule is N[C@@H](CO)c1cn([C@@H](Cc2c[nH]c3ccccc23)C(=O)N2CCNCC2)nn1. The number of aliphatic hydroxyl groups is 1. The molecule has 3 aromatic rings. The van der Waals surface area contributed by atoms with E-state index in [2.05, 4.69) is 20.6 Å². The molecule has 0 spiro atoms. The number of nitrogens with zero attached hydrogens (tertiary/aromatic N) is 4. The summed E-state index contributed by atoms with van der Waals surface area (Å²) in [5.74, 6) is 0.0146. The number of nitrogens with two attached hydrogens (primary N) is 1. The van der Waals surface area contributed by atoms with Crippen LogP contribution in [0.5, 0.6) is 0 Å². The molecule has 1 saturated heterocycles. The molecule has 2 atom stereocenters. The van der Waals surface area contributed by atoms with Crippen LogP contribution in [0.1, 0.15) is 23.3 Å². The zero-order valence-electron chi connectivity index (χ0n) is 15.6. The lowest BCUT2D eigenvalue weighted by Gasteiger charge is -2.30. The Morgan fingerprint density at radius 3 is 2.86 bits per heavy atom. The number of aromatic amines is 1. The van der Waals surface area contributed by atoms with Gasteiger partial charge in [0.15, 0.2) is 0 Å². The van der Waals surface area contributed by atoms with Crippen molar-refractivity contribution in [1.29, 1.82) is 0 Å². The second-order valence-electron chi connectivity index (χ2n) is 7.07. The zero-order chi connectivity index (χ0) is 19.5. The molecule has 2 aromatic heterocycles. The van der Waals surface area contributed by atoms with Crippen LogP contribution in [-0.4, -0.2) is 68.7 Å². The minimum atomic E-state index is -0.614. The first kappa shape index (κ1) is 18.6. The number of amides is 1. The maximum Gasteiger partial charge on any atom is 0.247 e. The first-order chi connectivity index (χ1) is 13.7. The molecular weight excluding hydrogens is 358 g/mol. The maximum atomic E-state index is 13.3. The van der Waals surface area contributed by atoms with Crippen LogP contribution in [0, 0.1) is 0 Å². The minimum Gasteiger partial charge on any atom is -0.394 e. The molecule has 0 saturated carbocycles. The number of fused-ring (bicyclic) bond motifs is 1. The van der Waals surface area contributed by atoms with Gasteiger partial charge in [-0.1, -0.05) is 23.4 Å². The van der Waals surface area contributed by atoms with E-state index in [0.717, 1.165) is 29.6 Å². The first-order valence-corrected chi connectivity index (χ1v) is 9.50. The molecule has 0 bridgehead atoms. The largest absolute Gasteiger partial charge is 0.394 e. The summed E-state index contributed by atoms with van der Waals surface area (Å²) in [6.45, 7) is 2.67. The van der Waals surface area contributed by atoms with E-state index in [1.807, 2.05) is 35.4 Å². The molecule has 0 radical (unpaired) electrons. The molecule has 4 rings (SSSR count). The Kier molecular flexibility index (Phi) is 5.38. The van der Waals surface area contributed by atoms with Gasteiger partial charge in [-0.25, -0.2) is 4.68 Å². The fourth-order valence-corrected chi connectivity index (χ4v) is 3.60. The summed E-state index contributed by atoms with van der Waals surface area (Å²) in [7, 11) is 0. The van der Waals surface area contributed by atoms with Crippen molar-refractivity contribution in [2.45, 2.75) is 18.5 Å². The monoisotopic (exact) mass is 383 g/mol. The Balaban J connectivity index is 1.66. The second-order valence-corrected chi connectivity index (χ2v) is 7.07. The zero-order valence-corrected chi connectivity index (χ0v) is 15.6. The summed E-state index contributed by atoms with van der Waals surface area (Å²) < 4.78 is 1.58. The lowest BCUT2D eigenvalue weighted by molar-refractivity contribution is -0.135. The number of hydrogen-bond donors (Lipinski definition) is 4. The number of H-pyrrole nitrogens is 1. The summed E-state index contributed by atoms with van der Waals surface area (Å²) in [5.41, 5.74) is 8.42. The summed E-state index contributed by atoms with van der Waals surface area (Å²) in [6, 6.07) is 6.88. The van der Waals surface area contributed by atoms with E-state index in [1.54, 1.807) is 10.9 Å². The molecule has 28 heavy (non-hydrogen) atoms. The van der Waals surface area contributed by atoms with Crippen LogP contribution in [0.4, 0.5) is 0 Å². The first-order valence-electron chi connectivity index (χ1n) is 9.50. The van der Waals surface area contributed by atoms with Crippen LogP contribution < -0.4 is 11.1 Å². The van der Waals surface area contributed by atoms with E-state index >= 15 is 0 Å². The van der Waals surface area contributed by atoms with E-state index in [0.29, 0.717) is 25.2 Å². The maximum absolute atomic E-state index is 13.3. The van der Waals surface area contributed by atoms with E-state index in [-0.39, 0.29) is 12.5 Å². The third-order valence-corrected chi connectivity index (χ3v) is 5.23. The molecule has 9 heteroatoms. The summed E-state index contributed by atoms with van der Waals surface area (Å²) in [6.07, 6.45) is 4.10. The van der Waals surface area contributed by atoms with Crippen molar-refractivity contribution in [1.82, 2.24) is 30.2 Å². The molecule has 3 heterocycles. The van der Waals surface area contributed by atoms with Gasteiger partial charge in [0.1, 0.15) is 11.7 Å². The highest BCUT2D eigenvalue weighted by molar-refractivity contribution is 5.85. The Morgan fingerprint density at radius 2 is 2.07 bits per heavy atom. The van der Waals surface area contributed by atoms with Gasteiger partial charge in [-0.15, -0.1) is 5.10 Å². The van der Waals surface area contributed by atoms with Crippen molar-refractivity contribution >= 4 is 16.8 Å². The lowest BCUT2D eigenvalue weighted by atomic mass is 10.0. The summed E-state index contributed by atoms with van der Waals surface area (Å²) in [5, 5.41) is 21.9. The number of hydrogen-bond acceptors (Lipinski definition) is 6. The molecule has 1 amide bonds. The Labute approximate surface area is 162 Å². The predicted molar refractivity (Wildman–Crippen MR) is 105 cm³/mol.